The van der Waals surface area contributed by atoms with E-state index in [1.54, 1.807) is 6.07 Å². The molecule has 0 atom stereocenters. The zero-order chi connectivity index (χ0) is 14.5. The number of nitrogens with two attached hydrogens (primary N) is 2. The lowest BCUT2D eigenvalue weighted by atomic mass is 10.2. The Hall–Kier alpha value is -1.86. The van der Waals surface area contributed by atoms with Crippen LogP contribution in [0.25, 0.3) is 0 Å². The highest BCUT2D eigenvalue weighted by molar-refractivity contribution is 7.99. The second-order valence-electron chi connectivity index (χ2n) is 4.15. The van der Waals surface area contributed by atoms with Crippen molar-refractivity contribution in [2.75, 3.05) is 18.0 Å². The molecular weight excluding hydrogens is 277 g/mol. The van der Waals surface area contributed by atoms with E-state index in [9.17, 15) is 4.39 Å². The number of anilines is 2. The van der Waals surface area contributed by atoms with Crippen LogP contribution in [0.1, 0.15) is 12.5 Å². The van der Waals surface area contributed by atoms with Gasteiger partial charge in [0.15, 0.2) is 5.16 Å². The van der Waals surface area contributed by atoms with E-state index < -0.39 is 0 Å². The van der Waals surface area contributed by atoms with E-state index in [1.165, 1.54) is 12.1 Å². The third kappa shape index (κ3) is 3.82. The molecule has 2 aromatic rings. The molecule has 0 amide bonds. The van der Waals surface area contributed by atoms with Crippen molar-refractivity contribution in [3.8, 4) is 0 Å². The molecule has 7 heteroatoms. The molecule has 0 fully saturated rings. The van der Waals surface area contributed by atoms with Crippen LogP contribution >= 0.6 is 11.8 Å². The predicted molar refractivity (Wildman–Crippen MR) is 78.8 cm³/mol. The second kappa shape index (κ2) is 6.53. The summed E-state index contributed by atoms with van der Waals surface area (Å²) in [5.74, 6) is 0.225. The summed E-state index contributed by atoms with van der Waals surface area (Å²) in [6.45, 7) is 3.48. The smallest absolute Gasteiger partial charge is 0.196 e. The molecule has 106 valence electrons. The van der Waals surface area contributed by atoms with Gasteiger partial charge in [-0.15, -0.1) is 0 Å². The Morgan fingerprint density at radius 2 is 1.90 bits per heavy atom. The second-order valence-corrected chi connectivity index (χ2v) is 5.16. The number of benzene rings is 1. The molecule has 5 nitrogen and oxygen atoms in total. The first-order valence-electron chi connectivity index (χ1n) is 6.15. The Morgan fingerprint density at radius 1 is 1.20 bits per heavy atom. The number of hydrogen-bond acceptors (Lipinski definition) is 6. The van der Waals surface area contributed by atoms with Crippen LogP contribution in [-0.4, -0.2) is 16.5 Å². The maximum Gasteiger partial charge on any atom is 0.196 e. The van der Waals surface area contributed by atoms with Gasteiger partial charge in [0.2, 0.25) is 0 Å². The molecule has 1 heterocycles. The SMILES string of the molecule is CCNCc1ccc(Sc2nc(N)cc(N)n2)c(F)c1. The van der Waals surface area contributed by atoms with Crippen LogP contribution in [0.3, 0.4) is 0 Å². The lowest BCUT2D eigenvalue weighted by Gasteiger charge is -2.06. The summed E-state index contributed by atoms with van der Waals surface area (Å²) in [4.78, 5) is 8.47. The molecule has 5 N–H and O–H groups in total. The summed E-state index contributed by atoms with van der Waals surface area (Å²) in [5, 5.41) is 3.48. The number of aromatic nitrogens is 2. The summed E-state index contributed by atoms with van der Waals surface area (Å²) < 4.78 is 14.0. The standard InChI is InChI=1S/C13H16FN5S/c1-2-17-7-8-3-4-10(9(14)5-8)20-13-18-11(15)6-12(16)19-13/h3-6,17H,2,7H2,1H3,(H4,15,16,18,19). The third-order valence-corrected chi connectivity index (χ3v) is 3.44. The van der Waals surface area contributed by atoms with E-state index in [-0.39, 0.29) is 17.5 Å². The van der Waals surface area contributed by atoms with Gasteiger partial charge in [0.1, 0.15) is 17.5 Å². The van der Waals surface area contributed by atoms with Gasteiger partial charge >= 0.3 is 0 Å². The fourth-order valence-corrected chi connectivity index (χ4v) is 2.40. The van der Waals surface area contributed by atoms with Crippen molar-refractivity contribution in [3.05, 3.63) is 35.6 Å². The molecule has 0 unspecified atom stereocenters. The highest BCUT2D eigenvalue weighted by atomic mass is 32.2. The van der Waals surface area contributed by atoms with Crippen molar-refractivity contribution in [3.63, 3.8) is 0 Å². The van der Waals surface area contributed by atoms with Crippen LogP contribution in [-0.2, 0) is 6.54 Å². The average Bonchev–Trinajstić information content (AvgIpc) is 2.38. The summed E-state index contributed by atoms with van der Waals surface area (Å²) in [6, 6.07) is 6.53. The Balaban J connectivity index is 2.16. The fraction of sp³-hybridized carbons (Fsp3) is 0.231. The number of hydrogen-bond donors (Lipinski definition) is 3. The first kappa shape index (κ1) is 14.5. The van der Waals surface area contributed by atoms with E-state index in [4.69, 9.17) is 11.5 Å². The monoisotopic (exact) mass is 293 g/mol. The summed E-state index contributed by atoms with van der Waals surface area (Å²) in [6.07, 6.45) is 0. The number of nitrogens with one attached hydrogen (secondary N) is 1. The molecule has 0 aliphatic carbocycles. The first-order chi connectivity index (χ1) is 9.58. The van der Waals surface area contributed by atoms with Crippen molar-refractivity contribution >= 4 is 23.4 Å². The number of rotatable bonds is 5. The van der Waals surface area contributed by atoms with Gasteiger partial charge in [0.05, 0.1) is 4.90 Å². The van der Waals surface area contributed by atoms with Crippen LogP contribution in [0, 0.1) is 5.82 Å². The number of nitrogens with zero attached hydrogens (tertiary/aromatic N) is 2. The highest BCUT2D eigenvalue weighted by Gasteiger charge is 2.09. The van der Waals surface area contributed by atoms with E-state index in [0.717, 1.165) is 23.9 Å². The Labute approximate surface area is 121 Å². The minimum Gasteiger partial charge on any atom is -0.383 e. The predicted octanol–water partition coefficient (Wildman–Crippen LogP) is 2.04. The van der Waals surface area contributed by atoms with Gasteiger partial charge in [-0.05, 0) is 36.0 Å². The largest absolute Gasteiger partial charge is 0.383 e. The lowest BCUT2D eigenvalue weighted by molar-refractivity contribution is 0.596. The molecule has 0 aliphatic rings. The highest BCUT2D eigenvalue weighted by Crippen LogP contribution is 2.28. The van der Waals surface area contributed by atoms with Crippen LogP contribution in [0.5, 0.6) is 0 Å². The summed E-state index contributed by atoms with van der Waals surface area (Å²) in [7, 11) is 0. The van der Waals surface area contributed by atoms with Gasteiger partial charge in [-0.25, -0.2) is 14.4 Å². The molecule has 1 aromatic carbocycles. The van der Waals surface area contributed by atoms with Crippen molar-refractivity contribution in [1.82, 2.24) is 15.3 Å². The van der Waals surface area contributed by atoms with E-state index >= 15 is 0 Å². The van der Waals surface area contributed by atoms with Gasteiger partial charge in [0.25, 0.3) is 0 Å². The van der Waals surface area contributed by atoms with Gasteiger partial charge in [-0.3, -0.25) is 0 Å². The van der Waals surface area contributed by atoms with Gasteiger partial charge in [-0.1, -0.05) is 13.0 Å². The quantitative estimate of drug-likeness (QED) is 0.731. The minimum absolute atomic E-state index is 0.268. The minimum atomic E-state index is -0.310. The molecule has 0 saturated carbocycles. The zero-order valence-electron chi connectivity index (χ0n) is 11.1. The van der Waals surface area contributed by atoms with Crippen LogP contribution < -0.4 is 16.8 Å². The third-order valence-electron chi connectivity index (χ3n) is 2.52. The molecule has 0 radical (unpaired) electrons. The molecular formula is C13H16FN5S. The Bertz CT molecular complexity index is 585. The average molecular weight is 293 g/mol. The van der Waals surface area contributed by atoms with Crippen LogP contribution in [0.2, 0.25) is 0 Å². The van der Waals surface area contributed by atoms with Crippen molar-refractivity contribution in [1.29, 1.82) is 0 Å². The van der Waals surface area contributed by atoms with Gasteiger partial charge < -0.3 is 16.8 Å². The first-order valence-corrected chi connectivity index (χ1v) is 6.97. The van der Waals surface area contributed by atoms with Crippen molar-refractivity contribution < 1.29 is 4.39 Å². The van der Waals surface area contributed by atoms with Crippen molar-refractivity contribution in [2.45, 2.75) is 23.5 Å². The maximum atomic E-state index is 14.0. The normalized spacial score (nSPS) is 10.7. The molecule has 0 aliphatic heterocycles. The van der Waals surface area contributed by atoms with Crippen molar-refractivity contribution in [2.24, 2.45) is 0 Å². The summed E-state index contributed by atoms with van der Waals surface area (Å²) >= 11 is 1.10. The lowest BCUT2D eigenvalue weighted by Crippen LogP contribution is -2.11. The van der Waals surface area contributed by atoms with Crippen LogP contribution in [0.15, 0.2) is 34.3 Å². The Morgan fingerprint density at radius 3 is 2.50 bits per heavy atom. The Kier molecular flexibility index (Phi) is 4.75. The topological polar surface area (TPSA) is 89.8 Å². The van der Waals surface area contributed by atoms with Gasteiger partial charge in [0, 0.05) is 12.6 Å². The number of halogens is 1. The van der Waals surface area contributed by atoms with E-state index in [0.29, 0.717) is 16.6 Å². The van der Waals surface area contributed by atoms with E-state index in [2.05, 4.69) is 15.3 Å². The van der Waals surface area contributed by atoms with Gasteiger partial charge in [-0.2, -0.15) is 0 Å². The molecule has 0 saturated heterocycles. The molecule has 1 aromatic heterocycles. The zero-order valence-corrected chi connectivity index (χ0v) is 11.9. The van der Waals surface area contributed by atoms with E-state index in [1.807, 2.05) is 13.0 Å². The summed E-state index contributed by atoms with van der Waals surface area (Å²) in [5.41, 5.74) is 12.1. The molecule has 0 bridgehead atoms. The van der Waals surface area contributed by atoms with Crippen LogP contribution in [0.4, 0.5) is 16.0 Å². The molecule has 0 spiro atoms. The number of nitrogen functional groups attached to an aromatic ring is 2. The molecule has 20 heavy (non-hydrogen) atoms. The maximum absolute atomic E-state index is 14.0. The fourth-order valence-electron chi connectivity index (χ4n) is 1.61. The molecule has 2 rings (SSSR count).